The van der Waals surface area contributed by atoms with Gasteiger partial charge in [0.1, 0.15) is 5.75 Å². The molecule has 1 aliphatic heterocycles. The lowest BCUT2D eigenvalue weighted by Crippen LogP contribution is -2.45. The minimum Gasteiger partial charge on any atom is -0.496 e. The average molecular weight is 427 g/mol. The fourth-order valence-electron chi connectivity index (χ4n) is 3.93. The van der Waals surface area contributed by atoms with Gasteiger partial charge in [0, 0.05) is 35.6 Å². The Morgan fingerprint density at radius 2 is 2.03 bits per heavy atom. The van der Waals surface area contributed by atoms with Gasteiger partial charge in [-0.25, -0.2) is 4.79 Å². The predicted octanol–water partition coefficient (Wildman–Crippen LogP) is 6.21. The van der Waals surface area contributed by atoms with Gasteiger partial charge in [0.25, 0.3) is 0 Å². The SMILES string of the molecule is CCCN1c2cc(OC)c(C=Nc3ccc(Cl)c(C(=O)O)c3)cc2C(C)=CC1(C)C. The molecule has 0 fully saturated rings. The van der Waals surface area contributed by atoms with E-state index in [4.69, 9.17) is 16.3 Å². The molecule has 0 radical (unpaired) electrons. The number of benzene rings is 2. The van der Waals surface area contributed by atoms with E-state index >= 15 is 0 Å². The highest BCUT2D eigenvalue weighted by molar-refractivity contribution is 6.33. The summed E-state index contributed by atoms with van der Waals surface area (Å²) in [7, 11) is 1.64. The molecule has 158 valence electrons. The number of carboxylic acid groups (broad SMARTS) is 1. The number of aromatic carboxylic acids is 1. The molecule has 30 heavy (non-hydrogen) atoms. The zero-order valence-corrected chi connectivity index (χ0v) is 18.7. The van der Waals surface area contributed by atoms with Gasteiger partial charge in [0.2, 0.25) is 0 Å². The van der Waals surface area contributed by atoms with Crippen LogP contribution in [0.1, 0.15) is 55.6 Å². The van der Waals surface area contributed by atoms with Gasteiger partial charge in [0.05, 0.1) is 28.9 Å². The fourth-order valence-corrected chi connectivity index (χ4v) is 4.13. The topological polar surface area (TPSA) is 62.1 Å². The van der Waals surface area contributed by atoms with Crippen LogP contribution < -0.4 is 9.64 Å². The molecule has 0 saturated heterocycles. The van der Waals surface area contributed by atoms with E-state index in [1.54, 1.807) is 25.5 Å². The number of ether oxygens (including phenoxy) is 1. The summed E-state index contributed by atoms with van der Waals surface area (Å²) in [5, 5.41) is 9.45. The Balaban J connectivity index is 2.06. The van der Waals surface area contributed by atoms with E-state index in [0.717, 1.165) is 35.5 Å². The molecule has 0 amide bonds. The lowest BCUT2D eigenvalue weighted by Gasteiger charge is -2.43. The first-order valence-electron chi connectivity index (χ1n) is 9.94. The molecule has 0 atom stereocenters. The first-order valence-corrected chi connectivity index (χ1v) is 10.3. The number of allylic oxidation sites excluding steroid dienone is 1. The summed E-state index contributed by atoms with van der Waals surface area (Å²) in [5.74, 6) is -0.362. The first-order chi connectivity index (χ1) is 14.2. The summed E-state index contributed by atoms with van der Waals surface area (Å²) in [6, 6.07) is 8.83. The third kappa shape index (κ3) is 4.21. The molecular weight excluding hydrogens is 400 g/mol. The first kappa shape index (κ1) is 21.9. The minimum atomic E-state index is -1.08. The van der Waals surface area contributed by atoms with Crippen LogP contribution in [0.2, 0.25) is 5.02 Å². The predicted molar refractivity (Wildman–Crippen MR) is 124 cm³/mol. The number of methoxy groups -OCH3 is 1. The molecule has 0 bridgehead atoms. The van der Waals surface area contributed by atoms with Crippen LogP contribution in [0.3, 0.4) is 0 Å². The third-order valence-corrected chi connectivity index (χ3v) is 5.64. The lowest BCUT2D eigenvalue weighted by atomic mass is 9.87. The summed E-state index contributed by atoms with van der Waals surface area (Å²) in [4.78, 5) is 18.2. The normalized spacial score (nSPS) is 15.1. The van der Waals surface area contributed by atoms with E-state index in [-0.39, 0.29) is 16.1 Å². The van der Waals surface area contributed by atoms with E-state index in [2.05, 4.69) is 55.8 Å². The highest BCUT2D eigenvalue weighted by Gasteiger charge is 2.31. The summed E-state index contributed by atoms with van der Waals surface area (Å²) < 4.78 is 5.66. The maximum atomic E-state index is 11.3. The maximum absolute atomic E-state index is 11.3. The van der Waals surface area contributed by atoms with Gasteiger partial charge in [-0.2, -0.15) is 0 Å². The second-order valence-electron chi connectivity index (χ2n) is 7.97. The van der Waals surface area contributed by atoms with Crippen LogP contribution in [0.4, 0.5) is 11.4 Å². The van der Waals surface area contributed by atoms with E-state index < -0.39 is 5.97 Å². The van der Waals surface area contributed by atoms with E-state index in [1.165, 1.54) is 11.6 Å². The van der Waals surface area contributed by atoms with Crippen molar-refractivity contribution in [2.24, 2.45) is 4.99 Å². The Morgan fingerprint density at radius 3 is 2.67 bits per heavy atom. The highest BCUT2D eigenvalue weighted by atomic mass is 35.5. The fraction of sp³-hybridized carbons (Fsp3) is 0.333. The molecule has 1 N–H and O–H groups in total. The van der Waals surface area contributed by atoms with Crippen LogP contribution in [0.5, 0.6) is 5.75 Å². The number of halogens is 1. The van der Waals surface area contributed by atoms with Crippen LogP contribution in [-0.4, -0.2) is 36.5 Å². The van der Waals surface area contributed by atoms with Gasteiger partial charge in [-0.15, -0.1) is 0 Å². The number of hydrogen-bond acceptors (Lipinski definition) is 4. The number of nitrogens with zero attached hydrogens (tertiary/aromatic N) is 2. The lowest BCUT2D eigenvalue weighted by molar-refractivity contribution is 0.0697. The Bertz CT molecular complexity index is 1040. The van der Waals surface area contributed by atoms with Crippen molar-refractivity contribution < 1.29 is 14.6 Å². The van der Waals surface area contributed by atoms with Gasteiger partial charge >= 0.3 is 5.97 Å². The van der Waals surface area contributed by atoms with Crippen LogP contribution in [0.25, 0.3) is 5.57 Å². The second-order valence-corrected chi connectivity index (χ2v) is 8.38. The summed E-state index contributed by atoms with van der Waals surface area (Å²) in [6.45, 7) is 9.68. The highest BCUT2D eigenvalue weighted by Crippen LogP contribution is 2.42. The van der Waals surface area contributed by atoms with Gasteiger partial charge in [-0.3, -0.25) is 4.99 Å². The number of aliphatic imine (C=N–C) groups is 1. The number of anilines is 1. The van der Waals surface area contributed by atoms with Crippen LogP contribution in [-0.2, 0) is 0 Å². The molecule has 0 spiro atoms. The largest absolute Gasteiger partial charge is 0.496 e. The van der Waals surface area contributed by atoms with Crippen molar-refractivity contribution in [3.63, 3.8) is 0 Å². The van der Waals surface area contributed by atoms with Crippen molar-refractivity contribution in [3.8, 4) is 5.75 Å². The zero-order valence-electron chi connectivity index (χ0n) is 18.0. The molecule has 0 unspecified atom stereocenters. The van der Waals surface area contributed by atoms with Crippen molar-refractivity contribution in [3.05, 3.63) is 58.1 Å². The number of hydrogen-bond donors (Lipinski definition) is 1. The molecule has 0 aliphatic carbocycles. The zero-order chi connectivity index (χ0) is 22.1. The molecule has 0 aromatic heterocycles. The van der Waals surface area contributed by atoms with Gasteiger partial charge in [-0.1, -0.05) is 24.6 Å². The Labute approximate surface area is 182 Å². The van der Waals surface area contributed by atoms with E-state index in [0.29, 0.717) is 5.69 Å². The molecule has 6 heteroatoms. The molecule has 1 heterocycles. The van der Waals surface area contributed by atoms with Gasteiger partial charge in [-0.05, 0) is 57.0 Å². The summed E-state index contributed by atoms with van der Waals surface area (Å²) >= 11 is 5.95. The van der Waals surface area contributed by atoms with Gasteiger partial charge in [0.15, 0.2) is 0 Å². The number of carbonyl (C=O) groups is 1. The van der Waals surface area contributed by atoms with Crippen molar-refractivity contribution in [2.75, 3.05) is 18.6 Å². The molecule has 3 rings (SSSR count). The van der Waals surface area contributed by atoms with Crippen LogP contribution >= 0.6 is 11.6 Å². The van der Waals surface area contributed by atoms with Crippen molar-refractivity contribution in [1.82, 2.24) is 0 Å². The third-order valence-electron chi connectivity index (χ3n) is 5.31. The minimum absolute atomic E-state index is 0.0277. The molecule has 5 nitrogen and oxygen atoms in total. The smallest absolute Gasteiger partial charge is 0.337 e. The standard InChI is InChI=1S/C24H27ClN2O3/c1-6-9-27-21-12-22(30-5)16(10-18(21)15(2)13-24(27,3)4)14-26-17-7-8-20(25)19(11-17)23(28)29/h7-8,10-14H,6,9H2,1-5H3,(H,28,29). The van der Waals surface area contributed by atoms with Crippen LogP contribution in [0.15, 0.2) is 41.4 Å². The van der Waals surface area contributed by atoms with Crippen molar-refractivity contribution in [2.45, 2.75) is 39.7 Å². The number of carboxylic acids is 1. The summed E-state index contributed by atoms with van der Waals surface area (Å²) in [5.41, 5.74) is 4.79. The molecule has 0 saturated carbocycles. The second kappa shape index (κ2) is 8.52. The monoisotopic (exact) mass is 426 g/mol. The van der Waals surface area contributed by atoms with Gasteiger partial charge < -0.3 is 14.7 Å². The Morgan fingerprint density at radius 1 is 1.30 bits per heavy atom. The molecule has 1 aliphatic rings. The Hall–Kier alpha value is -2.79. The summed E-state index contributed by atoms with van der Waals surface area (Å²) in [6.07, 6.45) is 5.03. The quantitative estimate of drug-likeness (QED) is 0.558. The van der Waals surface area contributed by atoms with Crippen LogP contribution in [0, 0.1) is 0 Å². The number of fused-ring (bicyclic) bond motifs is 1. The average Bonchev–Trinajstić information content (AvgIpc) is 2.69. The van der Waals surface area contributed by atoms with Crippen molar-refractivity contribution >= 4 is 40.7 Å². The molecular formula is C24H27ClN2O3. The van der Waals surface area contributed by atoms with E-state index in [1.807, 2.05) is 0 Å². The number of rotatable bonds is 6. The van der Waals surface area contributed by atoms with Crippen molar-refractivity contribution in [1.29, 1.82) is 0 Å². The molecule has 2 aromatic rings. The maximum Gasteiger partial charge on any atom is 0.337 e. The Kier molecular flexibility index (Phi) is 6.22. The molecule has 2 aromatic carbocycles. The van der Waals surface area contributed by atoms with E-state index in [9.17, 15) is 9.90 Å².